The minimum atomic E-state index is 1.05. The fourth-order valence-electron chi connectivity index (χ4n) is 3.96. The lowest BCUT2D eigenvalue weighted by Gasteiger charge is -2.15. The summed E-state index contributed by atoms with van der Waals surface area (Å²) < 4.78 is 0. The maximum atomic E-state index is 4.86. The zero-order chi connectivity index (χ0) is 16.2. The van der Waals surface area contributed by atoms with Crippen molar-refractivity contribution in [2.75, 3.05) is 6.54 Å². The second kappa shape index (κ2) is 11.7. The molecule has 0 spiro atoms. The molecule has 0 saturated heterocycles. The number of nitrogens with one attached hydrogen (secondary N) is 1. The van der Waals surface area contributed by atoms with Gasteiger partial charge in [0.05, 0.1) is 5.71 Å². The van der Waals surface area contributed by atoms with Crippen LogP contribution in [0.15, 0.2) is 16.2 Å². The average molecular weight is 319 g/mol. The normalized spacial score (nSPS) is 24.0. The van der Waals surface area contributed by atoms with E-state index in [4.69, 9.17) is 5.10 Å². The van der Waals surface area contributed by atoms with Gasteiger partial charge in [-0.15, -0.1) is 0 Å². The zero-order valence-corrected chi connectivity index (χ0v) is 15.5. The molecular weight excluding hydrogens is 280 g/mol. The molecule has 2 aliphatic rings. The molecule has 0 aromatic rings. The van der Waals surface area contributed by atoms with Crippen LogP contribution in [0.1, 0.15) is 110 Å². The van der Waals surface area contributed by atoms with E-state index in [0.29, 0.717) is 0 Å². The number of allylic oxidation sites excluding steroid dienone is 2. The molecule has 23 heavy (non-hydrogen) atoms. The Morgan fingerprint density at radius 3 is 1.83 bits per heavy atom. The smallest absolute Gasteiger partial charge is 0.0634 e. The molecule has 0 fully saturated rings. The Labute approximate surface area is 144 Å². The third kappa shape index (κ3) is 7.54. The number of hydrogen-bond acceptors (Lipinski definition) is 2. The van der Waals surface area contributed by atoms with Crippen LogP contribution in [0.4, 0.5) is 0 Å². The van der Waals surface area contributed by atoms with Crippen LogP contribution in [0.25, 0.3) is 0 Å². The SMILES string of the molecule is CC1=C(C2=NNCCCCCCCC2)CCCCCCCCC1. The van der Waals surface area contributed by atoms with Crippen LogP contribution in [0.5, 0.6) is 0 Å². The highest BCUT2D eigenvalue weighted by molar-refractivity contribution is 6.00. The maximum Gasteiger partial charge on any atom is 0.0634 e. The van der Waals surface area contributed by atoms with Gasteiger partial charge in [-0.25, -0.2) is 0 Å². The van der Waals surface area contributed by atoms with E-state index < -0.39 is 0 Å². The van der Waals surface area contributed by atoms with Gasteiger partial charge in [-0.05, 0) is 57.4 Å². The van der Waals surface area contributed by atoms with Gasteiger partial charge in [0.2, 0.25) is 0 Å². The van der Waals surface area contributed by atoms with Gasteiger partial charge in [0.15, 0.2) is 0 Å². The predicted molar refractivity (Wildman–Crippen MR) is 102 cm³/mol. The van der Waals surface area contributed by atoms with E-state index in [0.717, 1.165) is 6.54 Å². The molecule has 1 aliphatic heterocycles. The van der Waals surface area contributed by atoms with Gasteiger partial charge in [0.1, 0.15) is 0 Å². The lowest BCUT2D eigenvalue weighted by molar-refractivity contribution is 0.586. The van der Waals surface area contributed by atoms with Gasteiger partial charge in [0.25, 0.3) is 0 Å². The summed E-state index contributed by atoms with van der Waals surface area (Å²) in [5, 5.41) is 4.86. The van der Waals surface area contributed by atoms with Crippen LogP contribution < -0.4 is 5.43 Å². The first kappa shape index (κ1) is 18.5. The molecule has 1 heterocycles. The number of hydrazone groups is 1. The van der Waals surface area contributed by atoms with E-state index in [1.165, 1.54) is 108 Å². The van der Waals surface area contributed by atoms with E-state index in [2.05, 4.69) is 12.3 Å². The third-order valence-corrected chi connectivity index (χ3v) is 5.51. The average Bonchev–Trinajstić information content (AvgIpc) is 2.64. The summed E-state index contributed by atoms with van der Waals surface area (Å²) in [5.74, 6) is 0. The molecule has 0 radical (unpaired) electrons. The predicted octanol–water partition coefficient (Wildman–Crippen LogP) is 6.52. The maximum absolute atomic E-state index is 4.86. The zero-order valence-electron chi connectivity index (χ0n) is 15.5. The van der Waals surface area contributed by atoms with Crippen molar-refractivity contribution in [1.29, 1.82) is 0 Å². The topological polar surface area (TPSA) is 24.4 Å². The molecule has 132 valence electrons. The fourth-order valence-corrected chi connectivity index (χ4v) is 3.96. The number of nitrogens with zero attached hydrogens (tertiary/aromatic N) is 1. The summed E-state index contributed by atoms with van der Waals surface area (Å²) in [4.78, 5) is 0. The van der Waals surface area contributed by atoms with Gasteiger partial charge < -0.3 is 5.43 Å². The van der Waals surface area contributed by atoms with E-state index in [9.17, 15) is 0 Å². The van der Waals surface area contributed by atoms with Crippen LogP contribution in [-0.4, -0.2) is 12.3 Å². The summed E-state index contributed by atoms with van der Waals surface area (Å²) in [5.41, 5.74) is 8.01. The lowest BCUT2D eigenvalue weighted by atomic mass is 9.92. The largest absolute Gasteiger partial charge is 0.310 e. The van der Waals surface area contributed by atoms with E-state index in [1.54, 1.807) is 11.1 Å². The minimum absolute atomic E-state index is 1.05. The molecular formula is C21H38N2. The van der Waals surface area contributed by atoms with Gasteiger partial charge >= 0.3 is 0 Å². The summed E-state index contributed by atoms with van der Waals surface area (Å²) in [6.07, 6.45) is 21.7. The first-order valence-electron chi connectivity index (χ1n) is 10.4. The highest BCUT2D eigenvalue weighted by atomic mass is 15.3. The Morgan fingerprint density at radius 2 is 1.13 bits per heavy atom. The van der Waals surface area contributed by atoms with Gasteiger partial charge in [-0.3, -0.25) is 0 Å². The fraction of sp³-hybridized carbons (Fsp3) is 0.857. The summed E-state index contributed by atoms with van der Waals surface area (Å²) in [6, 6.07) is 0. The van der Waals surface area contributed by atoms with Crippen LogP contribution in [-0.2, 0) is 0 Å². The van der Waals surface area contributed by atoms with Crippen molar-refractivity contribution in [3.8, 4) is 0 Å². The van der Waals surface area contributed by atoms with Gasteiger partial charge in [-0.1, -0.05) is 63.4 Å². The van der Waals surface area contributed by atoms with Crippen LogP contribution in [0, 0.1) is 0 Å². The molecule has 1 aliphatic carbocycles. The Morgan fingerprint density at radius 1 is 0.609 bits per heavy atom. The highest BCUT2D eigenvalue weighted by Crippen LogP contribution is 2.25. The third-order valence-electron chi connectivity index (χ3n) is 5.51. The van der Waals surface area contributed by atoms with Crippen molar-refractivity contribution < 1.29 is 0 Å². The van der Waals surface area contributed by atoms with Crippen LogP contribution in [0.2, 0.25) is 0 Å². The monoisotopic (exact) mass is 318 g/mol. The van der Waals surface area contributed by atoms with Crippen LogP contribution in [0.3, 0.4) is 0 Å². The molecule has 0 bridgehead atoms. The summed E-state index contributed by atoms with van der Waals surface area (Å²) in [7, 11) is 0. The molecule has 2 nitrogen and oxygen atoms in total. The number of hydrogen-bond donors (Lipinski definition) is 1. The second-order valence-electron chi connectivity index (χ2n) is 7.57. The first-order valence-corrected chi connectivity index (χ1v) is 10.4. The van der Waals surface area contributed by atoms with Gasteiger partial charge in [-0.2, -0.15) is 5.10 Å². The Kier molecular flexibility index (Phi) is 9.44. The molecule has 0 saturated carbocycles. The molecule has 0 atom stereocenters. The molecule has 0 aromatic carbocycles. The van der Waals surface area contributed by atoms with Crippen LogP contribution >= 0.6 is 0 Å². The van der Waals surface area contributed by atoms with E-state index >= 15 is 0 Å². The van der Waals surface area contributed by atoms with Crippen molar-refractivity contribution in [3.05, 3.63) is 11.1 Å². The Bertz CT molecular complexity index is 381. The summed E-state index contributed by atoms with van der Waals surface area (Å²) >= 11 is 0. The standard InChI is InChI=1S/C21H38N2/c1-19-15-11-7-3-2-4-8-12-16-20(19)21-17-13-9-5-6-10-14-18-22-23-21/h22H,2-18H2,1H3. The van der Waals surface area contributed by atoms with E-state index in [-0.39, 0.29) is 0 Å². The van der Waals surface area contributed by atoms with Gasteiger partial charge in [0, 0.05) is 6.54 Å². The van der Waals surface area contributed by atoms with Crippen molar-refractivity contribution in [3.63, 3.8) is 0 Å². The summed E-state index contributed by atoms with van der Waals surface area (Å²) in [6.45, 7) is 3.43. The molecule has 0 unspecified atom stereocenters. The Hall–Kier alpha value is -0.790. The second-order valence-corrected chi connectivity index (χ2v) is 7.57. The molecule has 1 N–H and O–H groups in total. The lowest BCUT2D eigenvalue weighted by Crippen LogP contribution is -2.15. The molecule has 0 aromatic heterocycles. The van der Waals surface area contributed by atoms with Crippen molar-refractivity contribution >= 4 is 5.71 Å². The molecule has 2 rings (SSSR count). The van der Waals surface area contributed by atoms with E-state index in [1.807, 2.05) is 0 Å². The van der Waals surface area contributed by atoms with Crippen molar-refractivity contribution in [2.45, 2.75) is 110 Å². The molecule has 2 heteroatoms. The van der Waals surface area contributed by atoms with Crippen molar-refractivity contribution in [1.82, 2.24) is 5.43 Å². The Balaban J connectivity index is 2.07. The molecule has 0 amide bonds. The van der Waals surface area contributed by atoms with Crippen molar-refractivity contribution in [2.24, 2.45) is 5.10 Å². The quantitative estimate of drug-likeness (QED) is 0.585. The first-order chi connectivity index (χ1) is 11.4. The number of rotatable bonds is 1. The minimum Gasteiger partial charge on any atom is -0.310 e. The highest BCUT2D eigenvalue weighted by Gasteiger charge is 2.12.